The number of hydrogen-bond acceptors (Lipinski definition) is 3. The van der Waals surface area contributed by atoms with E-state index in [9.17, 15) is 10.3 Å². The summed E-state index contributed by atoms with van der Waals surface area (Å²) in [5.74, 6) is 0.270. The van der Waals surface area contributed by atoms with Gasteiger partial charge in [-0.1, -0.05) is 46.4 Å². The van der Waals surface area contributed by atoms with E-state index >= 15 is 0 Å². The molecule has 0 aliphatic carbocycles. The molecule has 0 saturated heterocycles. The fourth-order valence-electron chi connectivity index (χ4n) is 2.12. The number of phenolic OH excluding ortho intramolecular Hbond substituents is 1. The first-order valence-electron chi connectivity index (χ1n) is 6.63. The van der Waals surface area contributed by atoms with Crippen molar-refractivity contribution < 1.29 is 15.2 Å². The molecule has 5 heteroatoms. The second-order valence-electron chi connectivity index (χ2n) is 7.14. The summed E-state index contributed by atoms with van der Waals surface area (Å²) in [5, 5.41) is 32.8. The zero-order chi connectivity index (χ0) is 15.7. The van der Waals surface area contributed by atoms with Gasteiger partial charge >= 0.3 is 0 Å². The third-order valence-corrected chi connectivity index (χ3v) is 3.20. The molecule has 0 aliphatic heterocycles. The number of nitrogens with zero attached hydrogens (tertiary/aromatic N) is 2. The Hall–Kier alpha value is -1.78. The standard InChI is InChI=1S/C15H24N2O3/c1-14(2,3)11-7-10(9-17(20)16-19)8-12(13(11)18)15(4,5)6/h7-8,18-19H,9H2,1-6H3/b17-16-. The van der Waals surface area contributed by atoms with Crippen LogP contribution in [0.2, 0.25) is 0 Å². The molecular formula is C15H24N2O3. The van der Waals surface area contributed by atoms with Crippen molar-refractivity contribution in [2.45, 2.75) is 58.9 Å². The van der Waals surface area contributed by atoms with Crippen molar-refractivity contribution in [3.8, 4) is 5.75 Å². The summed E-state index contributed by atoms with van der Waals surface area (Å²) >= 11 is 0. The van der Waals surface area contributed by atoms with Crippen LogP contribution in [0.1, 0.15) is 58.2 Å². The molecule has 0 fully saturated rings. The molecule has 0 aliphatic rings. The van der Waals surface area contributed by atoms with E-state index in [4.69, 9.17) is 5.21 Å². The molecule has 112 valence electrons. The van der Waals surface area contributed by atoms with Crippen LogP contribution in [0.25, 0.3) is 0 Å². The average molecular weight is 280 g/mol. The molecule has 1 aromatic carbocycles. The van der Waals surface area contributed by atoms with Gasteiger partial charge < -0.3 is 15.5 Å². The van der Waals surface area contributed by atoms with E-state index in [2.05, 4.69) is 5.28 Å². The zero-order valence-corrected chi connectivity index (χ0v) is 13.1. The van der Waals surface area contributed by atoms with Crippen LogP contribution in [0.5, 0.6) is 5.75 Å². The van der Waals surface area contributed by atoms with E-state index in [0.717, 1.165) is 11.1 Å². The second kappa shape index (κ2) is 5.31. The fraction of sp³-hybridized carbons (Fsp3) is 0.600. The van der Waals surface area contributed by atoms with Crippen molar-refractivity contribution in [3.05, 3.63) is 34.0 Å². The van der Waals surface area contributed by atoms with Crippen molar-refractivity contribution >= 4 is 0 Å². The van der Waals surface area contributed by atoms with Crippen LogP contribution in [-0.4, -0.2) is 15.2 Å². The Morgan fingerprint density at radius 3 is 1.75 bits per heavy atom. The minimum absolute atomic E-state index is 0.0526. The quantitative estimate of drug-likeness (QED) is 0.491. The molecular weight excluding hydrogens is 256 g/mol. The van der Waals surface area contributed by atoms with Gasteiger partial charge in [-0.3, -0.25) is 0 Å². The summed E-state index contributed by atoms with van der Waals surface area (Å²) in [6, 6.07) is 3.58. The smallest absolute Gasteiger partial charge is 0.209 e. The number of hydrogen-bond donors (Lipinski definition) is 2. The third kappa shape index (κ3) is 3.62. The van der Waals surface area contributed by atoms with E-state index in [-0.39, 0.29) is 28.0 Å². The first-order chi connectivity index (χ1) is 8.96. The first-order valence-corrected chi connectivity index (χ1v) is 6.63. The van der Waals surface area contributed by atoms with Crippen LogP contribution < -0.4 is 0 Å². The van der Waals surface area contributed by atoms with E-state index in [1.807, 2.05) is 41.5 Å². The van der Waals surface area contributed by atoms with Gasteiger partial charge in [-0.2, -0.15) is 0 Å². The summed E-state index contributed by atoms with van der Waals surface area (Å²) in [6.07, 6.45) is 0. The lowest BCUT2D eigenvalue weighted by Gasteiger charge is -2.27. The Morgan fingerprint density at radius 2 is 1.45 bits per heavy atom. The molecule has 0 heterocycles. The molecule has 0 atom stereocenters. The summed E-state index contributed by atoms with van der Waals surface area (Å²) in [7, 11) is 0. The molecule has 5 nitrogen and oxygen atoms in total. The van der Waals surface area contributed by atoms with Gasteiger partial charge in [-0.15, -0.1) is 0 Å². The van der Waals surface area contributed by atoms with Crippen molar-refractivity contribution in [1.82, 2.24) is 0 Å². The molecule has 0 aromatic heterocycles. The van der Waals surface area contributed by atoms with E-state index in [1.165, 1.54) is 0 Å². The second-order valence-corrected chi connectivity index (χ2v) is 7.14. The van der Waals surface area contributed by atoms with Gasteiger partial charge in [0, 0.05) is 16.7 Å². The van der Waals surface area contributed by atoms with Gasteiger partial charge in [0.1, 0.15) is 5.75 Å². The van der Waals surface area contributed by atoms with E-state index in [1.54, 1.807) is 12.1 Å². The fourth-order valence-corrected chi connectivity index (χ4v) is 2.12. The highest BCUT2D eigenvalue weighted by molar-refractivity contribution is 5.49. The SMILES string of the molecule is CC(C)(C)c1cc(C/[N+]([O-])=N/O)cc(C(C)(C)C)c1O. The Morgan fingerprint density at radius 1 is 1.05 bits per heavy atom. The van der Waals surface area contributed by atoms with Crippen LogP contribution in [0.15, 0.2) is 17.4 Å². The molecule has 1 rings (SSSR count). The molecule has 0 spiro atoms. The minimum atomic E-state index is -0.246. The third-order valence-electron chi connectivity index (χ3n) is 3.20. The molecule has 0 radical (unpaired) electrons. The largest absolute Gasteiger partial charge is 0.597 e. The summed E-state index contributed by atoms with van der Waals surface area (Å²) < 4.78 is 0. The van der Waals surface area contributed by atoms with Crippen molar-refractivity contribution in [1.29, 1.82) is 0 Å². The van der Waals surface area contributed by atoms with Gasteiger partial charge in [-0.25, -0.2) is 0 Å². The predicted octanol–water partition coefficient (Wildman–Crippen LogP) is 3.84. The van der Waals surface area contributed by atoms with Gasteiger partial charge in [0.2, 0.25) is 6.54 Å². The molecule has 20 heavy (non-hydrogen) atoms. The highest BCUT2D eigenvalue weighted by atomic mass is 16.6. The Bertz CT molecular complexity index is 488. The van der Waals surface area contributed by atoms with Gasteiger partial charge in [0.15, 0.2) is 5.28 Å². The summed E-state index contributed by atoms with van der Waals surface area (Å²) in [6.45, 7) is 12.0. The van der Waals surface area contributed by atoms with Crippen molar-refractivity contribution in [3.63, 3.8) is 0 Å². The average Bonchev–Trinajstić information content (AvgIpc) is 2.28. The van der Waals surface area contributed by atoms with Gasteiger partial charge in [0.25, 0.3) is 0 Å². The molecule has 2 N–H and O–H groups in total. The van der Waals surface area contributed by atoms with Crippen LogP contribution in [-0.2, 0) is 17.4 Å². The monoisotopic (exact) mass is 280 g/mol. The number of rotatable bonds is 2. The van der Waals surface area contributed by atoms with Gasteiger partial charge in [-0.05, 0) is 23.0 Å². The predicted molar refractivity (Wildman–Crippen MR) is 77.1 cm³/mol. The first kappa shape index (κ1) is 16.3. The lowest BCUT2D eigenvalue weighted by molar-refractivity contribution is -0.570. The zero-order valence-electron chi connectivity index (χ0n) is 13.1. The Kier molecular flexibility index (Phi) is 4.32. The van der Waals surface area contributed by atoms with Gasteiger partial charge in [0.05, 0.1) is 0 Å². The Labute approximate surface area is 120 Å². The topological polar surface area (TPSA) is 78.9 Å². The molecule has 0 bridgehead atoms. The maximum atomic E-state index is 11.2. The minimum Gasteiger partial charge on any atom is -0.597 e. The molecule has 0 amide bonds. The molecule has 0 unspecified atom stereocenters. The number of benzene rings is 1. The van der Waals surface area contributed by atoms with E-state index < -0.39 is 0 Å². The Balaban J connectivity index is 3.50. The maximum Gasteiger partial charge on any atom is 0.209 e. The molecule has 0 saturated carbocycles. The molecule has 1 aromatic rings. The van der Waals surface area contributed by atoms with Crippen LogP contribution >= 0.6 is 0 Å². The normalized spacial score (nSPS) is 13.6. The number of aromatic hydroxyl groups is 1. The lowest BCUT2D eigenvalue weighted by Crippen LogP contribution is -2.18. The van der Waals surface area contributed by atoms with Crippen LogP contribution in [0.3, 0.4) is 0 Å². The van der Waals surface area contributed by atoms with Crippen molar-refractivity contribution in [2.24, 2.45) is 5.28 Å². The lowest BCUT2D eigenvalue weighted by atomic mass is 9.78. The maximum absolute atomic E-state index is 11.2. The highest BCUT2D eigenvalue weighted by Crippen LogP contribution is 2.39. The summed E-state index contributed by atoms with van der Waals surface area (Å²) in [4.78, 5) is 0.214. The van der Waals surface area contributed by atoms with E-state index in [0.29, 0.717) is 5.56 Å². The van der Waals surface area contributed by atoms with Crippen molar-refractivity contribution in [2.75, 3.05) is 0 Å². The van der Waals surface area contributed by atoms with Crippen LogP contribution in [0.4, 0.5) is 0 Å². The number of phenols is 1. The summed E-state index contributed by atoms with van der Waals surface area (Å²) in [5.41, 5.74) is 1.79. The highest BCUT2D eigenvalue weighted by Gasteiger charge is 2.27. The van der Waals surface area contributed by atoms with Crippen LogP contribution in [0, 0.1) is 5.21 Å². The number of hydroxylamine groups is 1.